The van der Waals surface area contributed by atoms with Gasteiger partial charge >= 0.3 is 0 Å². The first-order valence-corrected chi connectivity index (χ1v) is 11.5. The second kappa shape index (κ2) is 9.25. The fourth-order valence-corrected chi connectivity index (χ4v) is 4.84. The van der Waals surface area contributed by atoms with Gasteiger partial charge in [0.25, 0.3) is 5.91 Å². The predicted octanol–water partition coefficient (Wildman–Crippen LogP) is 1.15. The first-order valence-electron chi connectivity index (χ1n) is 10.4. The van der Waals surface area contributed by atoms with Gasteiger partial charge < -0.3 is 19.3 Å². The molecule has 3 aliphatic heterocycles. The molecule has 0 bridgehead atoms. The van der Waals surface area contributed by atoms with Gasteiger partial charge in [0.1, 0.15) is 5.37 Å². The Kier molecular flexibility index (Phi) is 6.05. The molecule has 0 aliphatic carbocycles. The highest BCUT2D eigenvalue weighted by Crippen LogP contribution is 2.38. The van der Waals surface area contributed by atoms with E-state index in [1.54, 1.807) is 16.8 Å². The van der Waals surface area contributed by atoms with Crippen LogP contribution in [0.1, 0.15) is 10.9 Å². The number of hydrogen-bond acceptors (Lipinski definition) is 10. The fraction of sp³-hybridized carbons (Fsp3) is 0.500. The van der Waals surface area contributed by atoms with Crippen molar-refractivity contribution in [3.8, 4) is 0 Å². The standard InChI is InChI=1S/C20H25N7O3S/c28-16-14-31-17(15-4-2-1-3-5-15)27(16)24-18-21-19(25-6-10-29-11-7-25)23-20(22-18)26-8-12-30-13-9-26/h1-5,17H,6-14H2,(H,21,22,23,24)/t17-/m0/s1. The largest absolute Gasteiger partial charge is 0.378 e. The number of carbonyl (C=O) groups is 1. The van der Waals surface area contributed by atoms with Crippen molar-refractivity contribution in [3.63, 3.8) is 0 Å². The maximum absolute atomic E-state index is 12.7. The third kappa shape index (κ3) is 4.53. The number of rotatable bonds is 5. The molecule has 1 aromatic carbocycles. The summed E-state index contributed by atoms with van der Waals surface area (Å²) in [6, 6.07) is 9.98. The molecule has 0 spiro atoms. The molecule has 3 fully saturated rings. The Bertz CT molecular complexity index is 871. The Morgan fingerprint density at radius 2 is 1.45 bits per heavy atom. The monoisotopic (exact) mass is 443 g/mol. The minimum atomic E-state index is -0.135. The van der Waals surface area contributed by atoms with Crippen molar-refractivity contribution < 1.29 is 14.3 Å². The summed E-state index contributed by atoms with van der Waals surface area (Å²) in [6.45, 7) is 5.43. The summed E-state index contributed by atoms with van der Waals surface area (Å²) in [7, 11) is 0. The Labute approximate surface area is 184 Å². The number of ether oxygens (including phenoxy) is 2. The number of anilines is 3. The number of carbonyl (C=O) groups excluding carboxylic acids is 1. The molecule has 3 saturated heterocycles. The van der Waals surface area contributed by atoms with Crippen molar-refractivity contribution in [2.75, 3.05) is 73.6 Å². The van der Waals surface area contributed by atoms with Crippen LogP contribution in [0.15, 0.2) is 30.3 Å². The molecule has 1 N–H and O–H groups in total. The molecule has 1 amide bonds. The predicted molar refractivity (Wildman–Crippen MR) is 118 cm³/mol. The van der Waals surface area contributed by atoms with Crippen molar-refractivity contribution in [3.05, 3.63) is 35.9 Å². The van der Waals surface area contributed by atoms with Crippen LogP contribution in [0, 0.1) is 0 Å². The Balaban J connectivity index is 1.44. The summed E-state index contributed by atoms with van der Waals surface area (Å²) in [4.78, 5) is 30.9. The third-order valence-corrected chi connectivity index (χ3v) is 6.59. The van der Waals surface area contributed by atoms with Crippen LogP contribution in [0.5, 0.6) is 0 Å². The number of nitrogens with zero attached hydrogens (tertiary/aromatic N) is 6. The molecule has 1 atom stereocenters. The number of hydrazine groups is 1. The lowest BCUT2D eigenvalue weighted by Crippen LogP contribution is -2.41. The molecule has 11 heteroatoms. The van der Waals surface area contributed by atoms with E-state index in [1.165, 1.54) is 0 Å². The zero-order valence-electron chi connectivity index (χ0n) is 17.1. The summed E-state index contributed by atoms with van der Waals surface area (Å²) in [5, 5.41) is 1.49. The third-order valence-electron chi connectivity index (χ3n) is 5.37. The second-order valence-electron chi connectivity index (χ2n) is 7.41. The molecule has 5 rings (SSSR count). The van der Waals surface area contributed by atoms with Gasteiger partial charge in [0.15, 0.2) is 0 Å². The maximum Gasteiger partial charge on any atom is 0.252 e. The summed E-state index contributed by atoms with van der Waals surface area (Å²) >= 11 is 1.58. The Morgan fingerprint density at radius 3 is 2.03 bits per heavy atom. The van der Waals surface area contributed by atoms with Gasteiger partial charge in [0.2, 0.25) is 17.8 Å². The molecule has 0 saturated carbocycles. The molecule has 164 valence electrons. The lowest BCUT2D eigenvalue weighted by atomic mass is 10.2. The van der Waals surface area contributed by atoms with Gasteiger partial charge in [-0.3, -0.25) is 10.2 Å². The van der Waals surface area contributed by atoms with Gasteiger partial charge in [0.05, 0.1) is 32.2 Å². The summed E-state index contributed by atoms with van der Waals surface area (Å²) in [5.74, 6) is 1.97. The molecule has 3 aliphatic rings. The lowest BCUT2D eigenvalue weighted by Gasteiger charge is -2.31. The van der Waals surface area contributed by atoms with E-state index < -0.39 is 0 Å². The average Bonchev–Trinajstić information content (AvgIpc) is 3.20. The number of aromatic nitrogens is 3. The van der Waals surface area contributed by atoms with Gasteiger partial charge in [-0.05, 0) is 5.56 Å². The average molecular weight is 444 g/mol. The van der Waals surface area contributed by atoms with E-state index >= 15 is 0 Å². The van der Waals surface area contributed by atoms with Crippen LogP contribution in [0.4, 0.5) is 17.8 Å². The number of benzene rings is 1. The van der Waals surface area contributed by atoms with Gasteiger partial charge in [-0.2, -0.15) is 15.0 Å². The molecular weight excluding hydrogens is 418 g/mol. The minimum Gasteiger partial charge on any atom is -0.378 e. The van der Waals surface area contributed by atoms with Crippen molar-refractivity contribution in [2.24, 2.45) is 0 Å². The molecule has 4 heterocycles. The smallest absolute Gasteiger partial charge is 0.252 e. The molecule has 0 radical (unpaired) electrons. The normalized spacial score (nSPS) is 22.1. The minimum absolute atomic E-state index is 0.000102. The van der Waals surface area contributed by atoms with Crippen molar-refractivity contribution in [1.29, 1.82) is 0 Å². The maximum atomic E-state index is 12.7. The van der Waals surface area contributed by atoms with Crippen LogP contribution in [-0.2, 0) is 14.3 Å². The highest BCUT2D eigenvalue weighted by atomic mass is 32.2. The topological polar surface area (TPSA) is 96.0 Å². The van der Waals surface area contributed by atoms with E-state index in [4.69, 9.17) is 14.5 Å². The van der Waals surface area contributed by atoms with Crippen LogP contribution in [0.25, 0.3) is 0 Å². The second-order valence-corrected chi connectivity index (χ2v) is 8.48. The van der Waals surface area contributed by atoms with E-state index in [2.05, 4.69) is 25.2 Å². The van der Waals surface area contributed by atoms with Crippen LogP contribution < -0.4 is 15.2 Å². The quantitative estimate of drug-likeness (QED) is 0.725. The SMILES string of the molecule is O=C1CS[C@@H](c2ccccc2)N1Nc1nc(N2CCOCC2)nc(N2CCOCC2)n1. The highest BCUT2D eigenvalue weighted by molar-refractivity contribution is 8.00. The van der Waals surface area contributed by atoms with Gasteiger partial charge in [-0.15, -0.1) is 11.8 Å². The molecular formula is C20H25N7O3S. The van der Waals surface area contributed by atoms with E-state index in [-0.39, 0.29) is 11.3 Å². The van der Waals surface area contributed by atoms with Gasteiger partial charge in [-0.1, -0.05) is 30.3 Å². The van der Waals surface area contributed by atoms with Crippen LogP contribution >= 0.6 is 11.8 Å². The van der Waals surface area contributed by atoms with E-state index in [0.717, 1.165) is 31.7 Å². The number of nitrogens with one attached hydrogen (secondary N) is 1. The number of amides is 1. The molecule has 2 aromatic rings. The lowest BCUT2D eigenvalue weighted by molar-refractivity contribution is -0.126. The highest BCUT2D eigenvalue weighted by Gasteiger charge is 2.34. The number of hydrogen-bond donors (Lipinski definition) is 1. The molecule has 31 heavy (non-hydrogen) atoms. The Morgan fingerprint density at radius 1 is 0.871 bits per heavy atom. The van der Waals surface area contributed by atoms with Crippen molar-refractivity contribution in [2.45, 2.75) is 5.37 Å². The zero-order chi connectivity index (χ0) is 21.0. The fourth-order valence-electron chi connectivity index (χ4n) is 3.73. The van der Waals surface area contributed by atoms with Gasteiger partial charge in [-0.25, -0.2) is 5.01 Å². The molecule has 1 aromatic heterocycles. The number of morpholine rings is 2. The summed E-state index contributed by atoms with van der Waals surface area (Å²) in [5.41, 5.74) is 4.24. The van der Waals surface area contributed by atoms with Crippen molar-refractivity contribution in [1.82, 2.24) is 20.0 Å². The van der Waals surface area contributed by atoms with Crippen LogP contribution in [0.2, 0.25) is 0 Å². The van der Waals surface area contributed by atoms with E-state index in [9.17, 15) is 4.79 Å². The molecule has 10 nitrogen and oxygen atoms in total. The zero-order valence-corrected chi connectivity index (χ0v) is 18.0. The van der Waals surface area contributed by atoms with E-state index in [1.807, 2.05) is 30.3 Å². The number of thioether (sulfide) groups is 1. The summed E-state index contributed by atoms with van der Waals surface area (Å²) < 4.78 is 10.9. The molecule has 0 unspecified atom stereocenters. The van der Waals surface area contributed by atoms with Gasteiger partial charge in [0, 0.05) is 26.2 Å². The Hall–Kier alpha value is -2.63. The van der Waals surface area contributed by atoms with Crippen LogP contribution in [0.3, 0.4) is 0 Å². The van der Waals surface area contributed by atoms with Crippen molar-refractivity contribution >= 4 is 35.5 Å². The first-order chi connectivity index (χ1) is 15.3. The van der Waals surface area contributed by atoms with E-state index in [0.29, 0.717) is 50.0 Å². The summed E-state index contributed by atoms with van der Waals surface area (Å²) in [6.07, 6.45) is 0. The van der Waals surface area contributed by atoms with Crippen LogP contribution in [-0.4, -0.2) is 84.2 Å². The first kappa shape index (κ1) is 20.3.